The van der Waals surface area contributed by atoms with Gasteiger partial charge in [-0.1, -0.05) is 12.1 Å². The molecule has 1 aromatic carbocycles. The summed E-state index contributed by atoms with van der Waals surface area (Å²) in [4.78, 5) is 19.3. The molecule has 176 valence electrons. The number of hydrogen-bond acceptors (Lipinski definition) is 4. The second kappa shape index (κ2) is 12.2. The Hall–Kier alpha value is -2.07. The normalized spacial score (nSPS) is 16.1. The molecule has 1 amide bonds. The first kappa shape index (κ1) is 26.2. The number of amides is 1. The molecule has 8 heteroatoms. The van der Waals surface area contributed by atoms with E-state index in [9.17, 15) is 9.90 Å². The van der Waals surface area contributed by atoms with Gasteiger partial charge in [0.2, 0.25) is 0 Å². The van der Waals surface area contributed by atoms with Crippen molar-refractivity contribution in [2.24, 2.45) is 4.99 Å². The maximum Gasteiger partial charge on any atom is 0.253 e. The summed E-state index contributed by atoms with van der Waals surface area (Å²) in [6.07, 6.45) is 3.36. The highest BCUT2D eigenvalue weighted by Gasteiger charge is 2.27. The number of nitrogens with one attached hydrogen (secondary N) is 2. The van der Waals surface area contributed by atoms with E-state index >= 15 is 0 Å². The lowest BCUT2D eigenvalue weighted by atomic mass is 10.0. The molecule has 0 spiro atoms. The van der Waals surface area contributed by atoms with Gasteiger partial charge in [-0.3, -0.25) is 4.79 Å². The molecule has 32 heavy (non-hydrogen) atoms. The van der Waals surface area contributed by atoms with Crippen LogP contribution in [0.3, 0.4) is 0 Å². The number of nitrogens with zero attached hydrogens (tertiary/aromatic N) is 2. The van der Waals surface area contributed by atoms with Crippen LogP contribution < -0.4 is 10.6 Å². The zero-order valence-corrected chi connectivity index (χ0v) is 21.5. The van der Waals surface area contributed by atoms with Gasteiger partial charge in [-0.2, -0.15) is 0 Å². The minimum Gasteiger partial charge on any atom is -0.463 e. The fraction of sp³-hybridized carbons (Fsp3) is 0.500. The summed E-state index contributed by atoms with van der Waals surface area (Å²) >= 11 is 0. The molecule has 0 radical (unpaired) electrons. The van der Waals surface area contributed by atoms with E-state index in [1.54, 1.807) is 13.0 Å². The average Bonchev–Trinajstić information content (AvgIpc) is 3.23. The number of piperidine rings is 1. The number of hydrogen-bond donors (Lipinski definition) is 3. The fourth-order valence-corrected chi connectivity index (χ4v) is 3.66. The molecular weight excluding hydrogens is 519 g/mol. The Morgan fingerprint density at radius 1 is 1.19 bits per heavy atom. The Bertz CT molecular complexity index is 904. The zero-order chi connectivity index (χ0) is 22.3. The van der Waals surface area contributed by atoms with Gasteiger partial charge >= 0.3 is 0 Å². The lowest BCUT2D eigenvalue weighted by molar-refractivity contribution is 0.0378. The van der Waals surface area contributed by atoms with Gasteiger partial charge in [-0.15, -0.1) is 24.0 Å². The Kier molecular flexibility index (Phi) is 10.0. The van der Waals surface area contributed by atoms with Crippen molar-refractivity contribution in [1.29, 1.82) is 0 Å². The minimum atomic E-state index is -1.16. The predicted octanol–water partition coefficient (Wildman–Crippen LogP) is 3.79. The second-order valence-electron chi connectivity index (χ2n) is 8.29. The second-order valence-corrected chi connectivity index (χ2v) is 8.29. The topological polar surface area (TPSA) is 90.1 Å². The molecule has 2 heterocycles. The summed E-state index contributed by atoms with van der Waals surface area (Å²) in [7, 11) is 0. The third-order valence-corrected chi connectivity index (χ3v) is 5.45. The number of furan rings is 1. The molecular formula is C24H35IN4O3. The number of aliphatic imine (C=N–C) groups is 1. The van der Waals surface area contributed by atoms with Crippen molar-refractivity contribution in [3.8, 4) is 0 Å². The highest BCUT2D eigenvalue weighted by Crippen LogP contribution is 2.22. The number of rotatable bonds is 7. The van der Waals surface area contributed by atoms with Crippen LogP contribution in [0.5, 0.6) is 0 Å². The highest BCUT2D eigenvalue weighted by atomic mass is 127. The van der Waals surface area contributed by atoms with Crippen LogP contribution >= 0.6 is 24.0 Å². The number of aliphatic hydroxyl groups is 1. The van der Waals surface area contributed by atoms with Crippen molar-refractivity contribution in [3.05, 3.63) is 59.0 Å². The molecule has 1 atom stereocenters. The number of benzene rings is 1. The van der Waals surface area contributed by atoms with Gasteiger partial charge < -0.3 is 25.1 Å². The van der Waals surface area contributed by atoms with Crippen LogP contribution in [0.4, 0.5) is 0 Å². The maximum atomic E-state index is 12.8. The van der Waals surface area contributed by atoms with Crippen molar-refractivity contribution in [2.45, 2.75) is 52.2 Å². The van der Waals surface area contributed by atoms with E-state index in [0.29, 0.717) is 30.4 Å². The predicted molar refractivity (Wildman–Crippen MR) is 137 cm³/mol. The summed E-state index contributed by atoms with van der Waals surface area (Å²) in [6, 6.07) is 11.3. The summed E-state index contributed by atoms with van der Waals surface area (Å²) in [5, 5.41) is 17.1. The summed E-state index contributed by atoms with van der Waals surface area (Å²) < 4.78 is 5.57. The van der Waals surface area contributed by atoms with Crippen LogP contribution in [0, 0.1) is 6.92 Å². The van der Waals surface area contributed by atoms with Crippen molar-refractivity contribution in [1.82, 2.24) is 15.5 Å². The molecule has 1 aromatic heterocycles. The molecule has 1 fully saturated rings. The number of guanidine groups is 1. The van der Waals surface area contributed by atoms with Crippen molar-refractivity contribution in [2.75, 3.05) is 26.2 Å². The SMILES string of the molecule is CCNC(=NCc1cccc(C(=O)N2CCCCC2)c1)NCC(C)(O)c1ccc(C)o1.I. The van der Waals surface area contributed by atoms with Gasteiger partial charge in [0.25, 0.3) is 5.91 Å². The number of carbonyl (C=O) groups excluding carboxylic acids is 1. The van der Waals surface area contributed by atoms with Crippen molar-refractivity contribution in [3.63, 3.8) is 0 Å². The lowest BCUT2D eigenvalue weighted by Crippen LogP contribution is -2.44. The minimum absolute atomic E-state index is 0. The van der Waals surface area contributed by atoms with Gasteiger partial charge in [0.1, 0.15) is 17.1 Å². The van der Waals surface area contributed by atoms with Gasteiger partial charge in [0, 0.05) is 25.2 Å². The van der Waals surface area contributed by atoms with E-state index in [-0.39, 0.29) is 36.4 Å². The lowest BCUT2D eigenvalue weighted by Gasteiger charge is -2.26. The van der Waals surface area contributed by atoms with E-state index < -0.39 is 5.60 Å². The third-order valence-electron chi connectivity index (χ3n) is 5.45. The van der Waals surface area contributed by atoms with Gasteiger partial charge in [0.05, 0.1) is 13.1 Å². The van der Waals surface area contributed by atoms with Gasteiger partial charge in [0.15, 0.2) is 5.96 Å². The number of halogens is 1. The Morgan fingerprint density at radius 2 is 1.94 bits per heavy atom. The smallest absolute Gasteiger partial charge is 0.253 e. The van der Waals surface area contributed by atoms with Crippen molar-refractivity contribution < 1.29 is 14.3 Å². The van der Waals surface area contributed by atoms with E-state index in [0.717, 1.165) is 37.3 Å². The first-order chi connectivity index (χ1) is 14.9. The Morgan fingerprint density at radius 3 is 2.59 bits per heavy atom. The van der Waals surface area contributed by atoms with Gasteiger partial charge in [-0.05, 0) is 69.9 Å². The maximum absolute atomic E-state index is 12.8. The molecule has 3 rings (SSSR count). The Balaban J connectivity index is 0.00000363. The molecule has 2 aromatic rings. The molecule has 3 N–H and O–H groups in total. The fourth-order valence-electron chi connectivity index (χ4n) is 3.66. The molecule has 0 saturated carbocycles. The van der Waals surface area contributed by atoms with Crippen LogP contribution in [0.25, 0.3) is 0 Å². The highest BCUT2D eigenvalue weighted by molar-refractivity contribution is 14.0. The molecule has 1 unspecified atom stereocenters. The van der Waals surface area contributed by atoms with Crippen LogP contribution in [0.15, 0.2) is 45.8 Å². The van der Waals surface area contributed by atoms with Crippen LogP contribution in [-0.2, 0) is 12.1 Å². The molecule has 0 aliphatic carbocycles. The van der Waals surface area contributed by atoms with Crippen LogP contribution in [0.2, 0.25) is 0 Å². The van der Waals surface area contributed by atoms with E-state index in [1.165, 1.54) is 6.42 Å². The summed E-state index contributed by atoms with van der Waals surface area (Å²) in [6.45, 7) is 8.60. The number of carbonyl (C=O) groups is 1. The number of aryl methyl sites for hydroxylation is 1. The quantitative estimate of drug-likeness (QED) is 0.275. The largest absolute Gasteiger partial charge is 0.463 e. The molecule has 1 aliphatic rings. The first-order valence-corrected chi connectivity index (χ1v) is 11.1. The standard InChI is InChI=1S/C24H34N4O3.HI/c1-4-25-23(27-17-24(3,30)21-12-11-18(2)31-21)26-16-19-9-8-10-20(15-19)22(29)28-13-6-5-7-14-28;/h8-12,15,30H,4-7,13-14,16-17H2,1-3H3,(H2,25,26,27);1H. The molecule has 7 nitrogen and oxygen atoms in total. The molecule has 1 saturated heterocycles. The Labute approximate surface area is 207 Å². The van der Waals surface area contributed by atoms with Crippen molar-refractivity contribution >= 4 is 35.8 Å². The summed E-state index contributed by atoms with van der Waals surface area (Å²) in [5.74, 6) is 1.96. The van der Waals surface area contributed by atoms with E-state index in [1.807, 2.05) is 49.1 Å². The summed E-state index contributed by atoms with van der Waals surface area (Å²) in [5.41, 5.74) is 0.516. The first-order valence-electron chi connectivity index (χ1n) is 11.1. The van der Waals surface area contributed by atoms with Gasteiger partial charge in [-0.25, -0.2) is 4.99 Å². The van der Waals surface area contributed by atoms with E-state index in [2.05, 4.69) is 15.6 Å². The molecule has 0 bridgehead atoms. The van der Waals surface area contributed by atoms with E-state index in [4.69, 9.17) is 4.42 Å². The monoisotopic (exact) mass is 554 g/mol. The van der Waals surface area contributed by atoms with Crippen LogP contribution in [0.1, 0.15) is 60.6 Å². The third kappa shape index (κ3) is 7.23. The average molecular weight is 554 g/mol. The molecule has 1 aliphatic heterocycles. The van der Waals surface area contributed by atoms with Crippen LogP contribution in [-0.4, -0.2) is 48.1 Å². The zero-order valence-electron chi connectivity index (χ0n) is 19.2. The number of likely N-dealkylation sites (tertiary alicyclic amines) is 1.